The number of aliphatic hydroxyl groups is 2. The first kappa shape index (κ1) is 20.1. The van der Waals surface area contributed by atoms with Gasteiger partial charge in [0.2, 0.25) is 0 Å². The van der Waals surface area contributed by atoms with E-state index < -0.39 is 17.1 Å². The van der Waals surface area contributed by atoms with Crippen molar-refractivity contribution >= 4 is 11.8 Å². The first-order chi connectivity index (χ1) is 13.0. The monoisotopic (exact) mass is 390 g/mol. The molecular formula is C23H34O5. The van der Waals surface area contributed by atoms with Crippen LogP contribution in [0.2, 0.25) is 0 Å². The lowest BCUT2D eigenvalue weighted by Crippen LogP contribution is -2.57. The molecule has 2 N–H and O–H groups in total. The third-order valence-corrected chi connectivity index (χ3v) is 9.07. The molecule has 0 aromatic heterocycles. The Balaban J connectivity index is 1.76. The van der Waals surface area contributed by atoms with Crippen molar-refractivity contribution in [3.8, 4) is 0 Å². The van der Waals surface area contributed by atoms with Crippen molar-refractivity contribution in [1.29, 1.82) is 0 Å². The molecule has 8 atom stereocenters. The standard InChI is InChI=1S/C23H34O5/c1-13(24)23(27)12-19(28-14(2)25)20-17-6-5-15-11-16(26)7-9-21(15,3)18(17)8-10-22(20,23)4/h5,16-20,26-27H,6-12H2,1-4H3/t16-,17+,18-,19+,20+,21-,22-,23-/m0/s1. The van der Waals surface area contributed by atoms with Crippen LogP contribution in [0.1, 0.15) is 72.6 Å². The first-order valence-corrected chi connectivity index (χ1v) is 10.8. The average Bonchev–Trinajstić information content (AvgIpc) is 2.83. The van der Waals surface area contributed by atoms with E-state index in [1.807, 2.05) is 6.92 Å². The highest BCUT2D eigenvalue weighted by Gasteiger charge is 2.69. The molecule has 5 nitrogen and oxygen atoms in total. The van der Waals surface area contributed by atoms with Crippen LogP contribution in [0.4, 0.5) is 0 Å². The van der Waals surface area contributed by atoms with Crippen molar-refractivity contribution in [3.05, 3.63) is 11.6 Å². The van der Waals surface area contributed by atoms with Gasteiger partial charge in [-0.15, -0.1) is 0 Å². The third-order valence-electron chi connectivity index (χ3n) is 9.07. The van der Waals surface area contributed by atoms with Gasteiger partial charge in [0.25, 0.3) is 0 Å². The lowest BCUT2D eigenvalue weighted by Gasteiger charge is -2.58. The summed E-state index contributed by atoms with van der Waals surface area (Å²) in [7, 11) is 0. The van der Waals surface area contributed by atoms with E-state index in [0.29, 0.717) is 5.92 Å². The maximum atomic E-state index is 12.5. The molecular weight excluding hydrogens is 356 g/mol. The van der Waals surface area contributed by atoms with E-state index in [2.05, 4.69) is 13.0 Å². The van der Waals surface area contributed by atoms with Crippen LogP contribution in [0.15, 0.2) is 11.6 Å². The first-order valence-electron chi connectivity index (χ1n) is 10.8. The van der Waals surface area contributed by atoms with Gasteiger partial charge >= 0.3 is 5.97 Å². The topological polar surface area (TPSA) is 83.8 Å². The third kappa shape index (κ3) is 2.58. The summed E-state index contributed by atoms with van der Waals surface area (Å²) in [6.07, 6.45) is 6.99. The molecule has 3 fully saturated rings. The van der Waals surface area contributed by atoms with Crippen molar-refractivity contribution in [2.75, 3.05) is 0 Å². The Kier molecular flexibility index (Phi) is 4.59. The number of carbonyl (C=O) groups is 2. The molecule has 0 spiro atoms. The average molecular weight is 391 g/mol. The highest BCUT2D eigenvalue weighted by molar-refractivity contribution is 5.86. The highest BCUT2D eigenvalue weighted by Crippen LogP contribution is 2.67. The van der Waals surface area contributed by atoms with Crippen LogP contribution >= 0.6 is 0 Å². The molecule has 0 aliphatic heterocycles. The number of hydrogen-bond donors (Lipinski definition) is 2. The fourth-order valence-corrected chi connectivity index (χ4v) is 7.59. The van der Waals surface area contributed by atoms with Crippen molar-refractivity contribution in [3.63, 3.8) is 0 Å². The SMILES string of the molecule is CC(=O)O[C@@H]1C[C@](O)(C(C)=O)[C@@]2(C)CC[C@H]3[C@@H](CC=C4C[C@@H](O)CC[C@@]43C)[C@H]12. The lowest BCUT2D eigenvalue weighted by molar-refractivity contribution is -0.162. The molecule has 4 aliphatic carbocycles. The van der Waals surface area contributed by atoms with Gasteiger partial charge in [-0.05, 0) is 62.7 Å². The van der Waals surface area contributed by atoms with E-state index in [4.69, 9.17) is 4.74 Å². The summed E-state index contributed by atoms with van der Waals surface area (Å²) in [6.45, 7) is 7.24. The molecule has 156 valence electrons. The highest BCUT2D eigenvalue weighted by atomic mass is 16.5. The van der Waals surface area contributed by atoms with Crippen LogP contribution in [-0.4, -0.2) is 39.8 Å². The van der Waals surface area contributed by atoms with Gasteiger partial charge in [0.05, 0.1) is 6.10 Å². The number of esters is 1. The number of ketones is 1. The second-order valence-electron chi connectivity index (χ2n) is 10.3. The van der Waals surface area contributed by atoms with Crippen LogP contribution in [0.5, 0.6) is 0 Å². The van der Waals surface area contributed by atoms with Gasteiger partial charge in [0, 0.05) is 24.7 Å². The predicted octanol–water partition coefficient (Wildman–Crippen LogP) is 3.17. The van der Waals surface area contributed by atoms with Gasteiger partial charge in [-0.25, -0.2) is 0 Å². The summed E-state index contributed by atoms with van der Waals surface area (Å²) in [4.78, 5) is 24.3. The van der Waals surface area contributed by atoms with Gasteiger partial charge in [-0.3, -0.25) is 9.59 Å². The number of Topliss-reactive ketones (excluding diaryl/α,β-unsaturated/α-hetero) is 1. The molecule has 5 heteroatoms. The van der Waals surface area contributed by atoms with E-state index in [-0.39, 0.29) is 41.5 Å². The van der Waals surface area contributed by atoms with E-state index in [0.717, 1.165) is 38.5 Å². The minimum atomic E-state index is -1.43. The largest absolute Gasteiger partial charge is 0.462 e. The van der Waals surface area contributed by atoms with Gasteiger partial charge in [-0.2, -0.15) is 0 Å². The fourth-order valence-electron chi connectivity index (χ4n) is 7.59. The Hall–Kier alpha value is -1.20. The van der Waals surface area contributed by atoms with Crippen LogP contribution in [0.25, 0.3) is 0 Å². The molecule has 3 saturated carbocycles. The van der Waals surface area contributed by atoms with Crippen LogP contribution < -0.4 is 0 Å². The number of aliphatic hydroxyl groups excluding tert-OH is 1. The second-order valence-corrected chi connectivity index (χ2v) is 10.3. The van der Waals surface area contributed by atoms with Crippen LogP contribution in [-0.2, 0) is 14.3 Å². The normalized spacial score (nSPS) is 50.1. The Morgan fingerprint density at radius 3 is 2.54 bits per heavy atom. The number of allylic oxidation sites excluding steroid dienone is 1. The summed E-state index contributed by atoms with van der Waals surface area (Å²) in [6, 6.07) is 0. The van der Waals surface area contributed by atoms with Gasteiger partial charge in [0.15, 0.2) is 5.78 Å². The molecule has 0 heterocycles. The number of rotatable bonds is 2. The van der Waals surface area contributed by atoms with Gasteiger partial charge < -0.3 is 14.9 Å². The molecule has 0 radical (unpaired) electrons. The Labute approximate surface area is 167 Å². The van der Waals surface area contributed by atoms with E-state index in [9.17, 15) is 19.8 Å². The zero-order chi connectivity index (χ0) is 20.5. The number of fused-ring (bicyclic) bond motifs is 5. The molecule has 0 bridgehead atoms. The number of hydrogen-bond acceptors (Lipinski definition) is 5. The maximum absolute atomic E-state index is 12.5. The molecule has 28 heavy (non-hydrogen) atoms. The van der Waals surface area contributed by atoms with Crippen molar-refractivity contribution in [2.45, 2.75) is 90.4 Å². The molecule has 0 unspecified atom stereocenters. The molecule has 4 aliphatic rings. The minimum absolute atomic E-state index is 0.0227. The predicted molar refractivity (Wildman–Crippen MR) is 104 cm³/mol. The van der Waals surface area contributed by atoms with Crippen molar-refractivity contribution in [2.24, 2.45) is 28.6 Å². The quantitative estimate of drug-likeness (QED) is 0.559. The summed E-state index contributed by atoms with van der Waals surface area (Å²) < 4.78 is 5.71. The Morgan fingerprint density at radius 2 is 1.89 bits per heavy atom. The zero-order valence-electron chi connectivity index (χ0n) is 17.5. The molecule has 0 saturated heterocycles. The number of ether oxygens (including phenoxy) is 1. The molecule has 4 rings (SSSR count). The number of carbonyl (C=O) groups excluding carboxylic acids is 2. The summed E-state index contributed by atoms with van der Waals surface area (Å²) in [5.74, 6) is 0.130. The lowest BCUT2D eigenvalue weighted by atomic mass is 9.46. The second kappa shape index (κ2) is 6.40. The zero-order valence-corrected chi connectivity index (χ0v) is 17.5. The van der Waals surface area contributed by atoms with E-state index >= 15 is 0 Å². The fraction of sp³-hybridized carbons (Fsp3) is 0.826. The Morgan fingerprint density at radius 1 is 1.18 bits per heavy atom. The molecule has 0 aromatic carbocycles. The molecule has 0 amide bonds. The molecule has 0 aromatic rings. The van der Waals surface area contributed by atoms with Crippen molar-refractivity contribution in [1.82, 2.24) is 0 Å². The Bertz CT molecular complexity index is 729. The minimum Gasteiger partial charge on any atom is -0.462 e. The maximum Gasteiger partial charge on any atom is 0.302 e. The van der Waals surface area contributed by atoms with E-state index in [1.54, 1.807) is 0 Å². The summed E-state index contributed by atoms with van der Waals surface area (Å²) in [5.41, 5.74) is -0.576. The van der Waals surface area contributed by atoms with E-state index in [1.165, 1.54) is 19.4 Å². The van der Waals surface area contributed by atoms with Crippen molar-refractivity contribution < 1.29 is 24.5 Å². The smallest absolute Gasteiger partial charge is 0.302 e. The summed E-state index contributed by atoms with van der Waals surface area (Å²) in [5, 5.41) is 21.6. The van der Waals surface area contributed by atoms with Crippen LogP contribution in [0.3, 0.4) is 0 Å². The van der Waals surface area contributed by atoms with Crippen LogP contribution in [0, 0.1) is 28.6 Å². The van der Waals surface area contributed by atoms with Gasteiger partial charge in [0.1, 0.15) is 11.7 Å². The summed E-state index contributed by atoms with van der Waals surface area (Å²) >= 11 is 0. The van der Waals surface area contributed by atoms with Gasteiger partial charge in [-0.1, -0.05) is 25.5 Å².